The number of amidine groups is 1. The second-order valence-electron chi connectivity index (χ2n) is 8.54. The zero-order valence-electron chi connectivity index (χ0n) is 14.7. The number of carbonyl (C=O) groups excluding carboxylic acids is 1. The molecule has 4 saturated carbocycles. The molecule has 1 amide bonds. The fraction of sp³-hybridized carbons (Fsp3) is 0.619. The van der Waals surface area contributed by atoms with Crippen molar-refractivity contribution in [3.63, 3.8) is 0 Å². The van der Waals surface area contributed by atoms with Crippen molar-refractivity contribution in [1.29, 1.82) is 0 Å². The smallest absolute Gasteiger partial charge is 0.228 e. The summed E-state index contributed by atoms with van der Waals surface area (Å²) in [7, 11) is 0. The summed E-state index contributed by atoms with van der Waals surface area (Å²) in [5.74, 6) is 4.52. The summed E-state index contributed by atoms with van der Waals surface area (Å²) in [6.07, 6.45) is 7.65. The van der Waals surface area contributed by atoms with Crippen molar-refractivity contribution in [1.82, 2.24) is 5.32 Å². The maximum Gasteiger partial charge on any atom is 0.228 e. The standard InChI is InChI=1S/C21H27N3O/c25-21(19-16-8-13-7-14(10-16)11-17(19)9-13)24-18-4-1-3-15(12-18)20-22-5-2-6-23-20/h1,3-4,12-14,16-17,19H,2,5-11H2,(H,22,23)(H,24,25). The first-order chi connectivity index (χ1) is 12.3. The normalized spacial score (nSPS) is 35.8. The van der Waals surface area contributed by atoms with Gasteiger partial charge in [0.2, 0.25) is 5.91 Å². The molecule has 0 radical (unpaired) electrons. The van der Waals surface area contributed by atoms with Gasteiger partial charge in [0.15, 0.2) is 0 Å². The fourth-order valence-corrected chi connectivity index (χ4v) is 6.05. The SMILES string of the molecule is O=C(Nc1cccc(C2=NCCCN2)c1)C1C2CC3CC(C2)CC1C3. The number of amides is 1. The molecule has 4 nitrogen and oxygen atoms in total. The minimum Gasteiger partial charge on any atom is -0.370 e. The van der Waals surface area contributed by atoms with Crippen molar-refractivity contribution >= 4 is 17.4 Å². The first kappa shape index (κ1) is 15.4. The molecule has 0 aromatic heterocycles. The Labute approximate surface area is 149 Å². The van der Waals surface area contributed by atoms with Crippen LogP contribution in [0.5, 0.6) is 0 Å². The molecular formula is C21H27N3O. The third kappa shape index (κ3) is 2.86. The Balaban J connectivity index is 1.32. The molecule has 1 aromatic rings. The van der Waals surface area contributed by atoms with Crippen LogP contribution < -0.4 is 10.6 Å². The zero-order chi connectivity index (χ0) is 16.8. The molecule has 132 valence electrons. The minimum absolute atomic E-state index is 0.238. The van der Waals surface area contributed by atoms with E-state index in [9.17, 15) is 4.79 Å². The van der Waals surface area contributed by atoms with Crippen LogP contribution in [-0.4, -0.2) is 24.8 Å². The van der Waals surface area contributed by atoms with Gasteiger partial charge in [0.25, 0.3) is 0 Å². The van der Waals surface area contributed by atoms with Crippen molar-refractivity contribution < 1.29 is 4.79 Å². The average Bonchev–Trinajstić information content (AvgIpc) is 2.62. The number of nitrogens with one attached hydrogen (secondary N) is 2. The second kappa shape index (κ2) is 6.15. The van der Waals surface area contributed by atoms with Crippen LogP contribution in [0.25, 0.3) is 0 Å². The molecule has 1 heterocycles. The quantitative estimate of drug-likeness (QED) is 0.888. The molecule has 4 fully saturated rings. The number of hydrogen-bond acceptors (Lipinski definition) is 3. The van der Waals surface area contributed by atoms with Gasteiger partial charge in [-0.1, -0.05) is 12.1 Å². The molecule has 4 aliphatic carbocycles. The lowest BCUT2D eigenvalue weighted by Crippen LogP contribution is -2.49. The molecule has 0 unspecified atom stereocenters. The van der Waals surface area contributed by atoms with Crippen molar-refractivity contribution in [2.75, 3.05) is 18.4 Å². The summed E-state index contributed by atoms with van der Waals surface area (Å²) in [6.45, 7) is 1.86. The summed E-state index contributed by atoms with van der Waals surface area (Å²) in [5.41, 5.74) is 1.98. The topological polar surface area (TPSA) is 53.5 Å². The van der Waals surface area contributed by atoms with Crippen LogP contribution in [0.3, 0.4) is 0 Å². The van der Waals surface area contributed by atoms with Gasteiger partial charge in [0.05, 0.1) is 0 Å². The molecule has 2 N–H and O–H groups in total. The molecule has 0 atom stereocenters. The number of anilines is 1. The summed E-state index contributed by atoms with van der Waals surface area (Å²) < 4.78 is 0. The van der Waals surface area contributed by atoms with Crippen LogP contribution in [-0.2, 0) is 4.79 Å². The maximum atomic E-state index is 13.0. The van der Waals surface area contributed by atoms with Gasteiger partial charge < -0.3 is 10.6 Å². The van der Waals surface area contributed by atoms with Gasteiger partial charge in [-0.05, 0) is 74.3 Å². The summed E-state index contributed by atoms with van der Waals surface area (Å²) in [4.78, 5) is 17.6. The number of carbonyl (C=O) groups is 1. The Morgan fingerprint density at radius 1 is 1.08 bits per heavy atom. The van der Waals surface area contributed by atoms with E-state index in [1.165, 1.54) is 32.1 Å². The fourth-order valence-electron chi connectivity index (χ4n) is 6.05. The van der Waals surface area contributed by atoms with Gasteiger partial charge in [0, 0.05) is 30.3 Å². The third-order valence-electron chi connectivity index (χ3n) is 6.83. The van der Waals surface area contributed by atoms with Gasteiger partial charge in [-0.2, -0.15) is 0 Å². The Kier molecular flexibility index (Phi) is 3.79. The van der Waals surface area contributed by atoms with E-state index >= 15 is 0 Å². The number of nitrogens with zero attached hydrogens (tertiary/aromatic N) is 1. The lowest BCUT2D eigenvalue weighted by molar-refractivity contribution is -0.132. The molecule has 6 rings (SSSR count). The molecule has 5 aliphatic rings. The van der Waals surface area contributed by atoms with Crippen LogP contribution in [0.4, 0.5) is 5.69 Å². The van der Waals surface area contributed by atoms with Crippen molar-refractivity contribution in [3.05, 3.63) is 29.8 Å². The van der Waals surface area contributed by atoms with Crippen LogP contribution >= 0.6 is 0 Å². The summed E-state index contributed by atoms with van der Waals surface area (Å²) >= 11 is 0. The largest absolute Gasteiger partial charge is 0.370 e. The van der Waals surface area contributed by atoms with Crippen LogP contribution in [0, 0.1) is 29.6 Å². The van der Waals surface area contributed by atoms with Gasteiger partial charge in [0.1, 0.15) is 5.84 Å². The predicted octanol–water partition coefficient (Wildman–Crippen LogP) is 3.44. The van der Waals surface area contributed by atoms with Crippen LogP contribution in [0.15, 0.2) is 29.3 Å². The lowest BCUT2D eigenvalue weighted by atomic mass is 9.51. The first-order valence-corrected chi connectivity index (χ1v) is 9.96. The molecular weight excluding hydrogens is 310 g/mol. The van der Waals surface area contributed by atoms with E-state index in [4.69, 9.17) is 0 Å². The molecule has 4 bridgehead atoms. The lowest BCUT2D eigenvalue weighted by Gasteiger charge is -2.53. The zero-order valence-corrected chi connectivity index (χ0v) is 14.7. The van der Waals surface area contributed by atoms with E-state index in [1.54, 1.807) is 0 Å². The second-order valence-corrected chi connectivity index (χ2v) is 8.54. The van der Waals surface area contributed by atoms with E-state index in [0.717, 1.165) is 48.4 Å². The van der Waals surface area contributed by atoms with E-state index in [1.807, 2.05) is 12.1 Å². The predicted molar refractivity (Wildman–Crippen MR) is 99.6 cm³/mol. The molecule has 0 spiro atoms. The maximum absolute atomic E-state index is 13.0. The number of aliphatic imine (C=N–C) groups is 1. The molecule has 0 saturated heterocycles. The van der Waals surface area contributed by atoms with E-state index in [-0.39, 0.29) is 11.8 Å². The minimum atomic E-state index is 0.238. The summed E-state index contributed by atoms with van der Waals surface area (Å²) in [5, 5.41) is 6.59. The molecule has 25 heavy (non-hydrogen) atoms. The van der Waals surface area contributed by atoms with Crippen molar-refractivity contribution in [2.24, 2.45) is 34.6 Å². The first-order valence-electron chi connectivity index (χ1n) is 9.96. The molecule has 1 aromatic carbocycles. The van der Waals surface area contributed by atoms with Crippen molar-refractivity contribution in [3.8, 4) is 0 Å². The monoisotopic (exact) mass is 337 g/mol. The number of rotatable bonds is 3. The Morgan fingerprint density at radius 2 is 1.84 bits per heavy atom. The van der Waals surface area contributed by atoms with E-state index in [2.05, 4.69) is 27.8 Å². The number of hydrogen-bond donors (Lipinski definition) is 2. The highest BCUT2D eigenvalue weighted by Crippen LogP contribution is 2.56. The van der Waals surface area contributed by atoms with Crippen LogP contribution in [0.2, 0.25) is 0 Å². The van der Waals surface area contributed by atoms with Crippen molar-refractivity contribution in [2.45, 2.75) is 38.5 Å². The highest BCUT2D eigenvalue weighted by Gasteiger charge is 2.50. The molecule has 4 heteroatoms. The van der Waals surface area contributed by atoms with Gasteiger partial charge >= 0.3 is 0 Å². The van der Waals surface area contributed by atoms with Gasteiger partial charge in [-0.3, -0.25) is 9.79 Å². The Morgan fingerprint density at radius 3 is 2.52 bits per heavy atom. The van der Waals surface area contributed by atoms with E-state index in [0.29, 0.717) is 11.8 Å². The van der Waals surface area contributed by atoms with Gasteiger partial charge in [-0.15, -0.1) is 0 Å². The average molecular weight is 337 g/mol. The third-order valence-corrected chi connectivity index (χ3v) is 6.83. The Bertz CT molecular complexity index is 683. The van der Waals surface area contributed by atoms with E-state index < -0.39 is 0 Å². The highest BCUT2D eigenvalue weighted by atomic mass is 16.1. The highest BCUT2D eigenvalue weighted by molar-refractivity contribution is 6.01. The van der Waals surface area contributed by atoms with Gasteiger partial charge in [-0.25, -0.2) is 0 Å². The van der Waals surface area contributed by atoms with Crippen LogP contribution in [0.1, 0.15) is 44.1 Å². The Hall–Kier alpha value is -1.84. The molecule has 1 aliphatic heterocycles. The summed E-state index contributed by atoms with van der Waals surface area (Å²) in [6, 6.07) is 8.14. The number of benzene rings is 1.